The molecule has 0 saturated heterocycles. The summed E-state index contributed by atoms with van der Waals surface area (Å²) >= 11 is 0. The number of carbonyl (C=O) groups is 2. The first-order valence-electron chi connectivity index (χ1n) is 9.41. The first-order chi connectivity index (χ1) is 13.5. The van der Waals surface area contributed by atoms with E-state index in [-0.39, 0.29) is 11.8 Å². The van der Waals surface area contributed by atoms with Crippen LogP contribution in [0.4, 0.5) is 5.69 Å². The van der Waals surface area contributed by atoms with Gasteiger partial charge in [-0.3, -0.25) is 9.59 Å². The van der Waals surface area contributed by atoms with Crippen LogP contribution >= 0.6 is 0 Å². The van der Waals surface area contributed by atoms with Gasteiger partial charge in [-0.15, -0.1) is 0 Å². The highest BCUT2D eigenvalue weighted by atomic mass is 16.5. The summed E-state index contributed by atoms with van der Waals surface area (Å²) in [4.78, 5) is 26.6. The number of aryl methyl sites for hydroxylation is 1. The van der Waals surface area contributed by atoms with Crippen molar-refractivity contribution in [2.45, 2.75) is 26.7 Å². The topological polar surface area (TPSA) is 67.9 Å². The van der Waals surface area contributed by atoms with Crippen molar-refractivity contribution < 1.29 is 19.1 Å². The first-order valence-corrected chi connectivity index (χ1v) is 9.41. The molecule has 6 heteroatoms. The van der Waals surface area contributed by atoms with Crippen molar-refractivity contribution in [2.24, 2.45) is 0 Å². The lowest BCUT2D eigenvalue weighted by Gasteiger charge is -2.19. The molecule has 0 radical (unpaired) electrons. The molecule has 0 aliphatic heterocycles. The van der Waals surface area contributed by atoms with Gasteiger partial charge in [-0.25, -0.2) is 0 Å². The average molecular weight is 384 g/mol. The smallest absolute Gasteiger partial charge is 0.253 e. The average Bonchev–Trinajstić information content (AvgIpc) is 2.72. The van der Waals surface area contributed by atoms with Crippen molar-refractivity contribution in [3.63, 3.8) is 0 Å². The van der Waals surface area contributed by atoms with Gasteiger partial charge in [0.05, 0.1) is 14.2 Å². The van der Waals surface area contributed by atoms with Crippen LogP contribution < -0.4 is 14.8 Å². The summed E-state index contributed by atoms with van der Waals surface area (Å²) < 4.78 is 10.5. The lowest BCUT2D eigenvalue weighted by atomic mass is 10.1. The summed E-state index contributed by atoms with van der Waals surface area (Å²) in [5.41, 5.74) is 2.14. The minimum Gasteiger partial charge on any atom is -0.497 e. The zero-order valence-electron chi connectivity index (χ0n) is 17.0. The number of methoxy groups -OCH3 is 2. The predicted octanol–water partition coefficient (Wildman–Crippen LogP) is 3.76. The van der Waals surface area contributed by atoms with E-state index in [9.17, 15) is 9.59 Å². The lowest BCUT2D eigenvalue weighted by molar-refractivity contribution is -0.116. The number of amides is 2. The van der Waals surface area contributed by atoms with Crippen LogP contribution in [0.25, 0.3) is 0 Å². The molecule has 0 spiro atoms. The molecule has 0 aliphatic carbocycles. The number of anilines is 1. The molecule has 28 heavy (non-hydrogen) atoms. The third kappa shape index (κ3) is 5.74. The van der Waals surface area contributed by atoms with Crippen LogP contribution in [0.15, 0.2) is 42.5 Å². The number of nitrogens with one attached hydrogen (secondary N) is 1. The molecular formula is C22H28N2O4. The van der Waals surface area contributed by atoms with Crippen molar-refractivity contribution in [3.05, 3.63) is 53.6 Å². The Balaban J connectivity index is 2.00. The highest BCUT2D eigenvalue weighted by Gasteiger charge is 2.13. The number of carbonyl (C=O) groups excluding carboxylic acids is 2. The van der Waals surface area contributed by atoms with E-state index in [1.165, 1.54) is 0 Å². The normalized spacial score (nSPS) is 10.3. The maximum Gasteiger partial charge on any atom is 0.253 e. The van der Waals surface area contributed by atoms with Gasteiger partial charge < -0.3 is 19.7 Å². The fourth-order valence-corrected chi connectivity index (χ4v) is 2.92. The van der Waals surface area contributed by atoms with Gasteiger partial charge in [0, 0.05) is 36.8 Å². The van der Waals surface area contributed by atoms with Gasteiger partial charge in [-0.05, 0) is 56.2 Å². The van der Waals surface area contributed by atoms with E-state index >= 15 is 0 Å². The second-order valence-corrected chi connectivity index (χ2v) is 6.33. The van der Waals surface area contributed by atoms with Gasteiger partial charge in [0.25, 0.3) is 5.91 Å². The van der Waals surface area contributed by atoms with Gasteiger partial charge in [0.1, 0.15) is 11.5 Å². The zero-order chi connectivity index (χ0) is 20.5. The third-order valence-electron chi connectivity index (χ3n) is 4.50. The van der Waals surface area contributed by atoms with E-state index in [1.807, 2.05) is 26.0 Å². The van der Waals surface area contributed by atoms with Gasteiger partial charge in [0.15, 0.2) is 0 Å². The molecule has 0 saturated carbocycles. The number of benzene rings is 2. The molecular weight excluding hydrogens is 356 g/mol. The van der Waals surface area contributed by atoms with E-state index in [2.05, 4.69) is 5.32 Å². The maximum absolute atomic E-state index is 12.5. The highest BCUT2D eigenvalue weighted by molar-refractivity contribution is 5.97. The standard InChI is InChI=1S/C22H28N2O4/c1-5-24(6-2)22(26)17-8-7-9-18(14-17)23-21(25)11-10-16-12-19(27-3)15-20(13-16)28-4/h7-9,12-15H,5-6,10-11H2,1-4H3,(H,23,25). The zero-order valence-corrected chi connectivity index (χ0v) is 17.0. The fraction of sp³-hybridized carbons (Fsp3) is 0.364. The minimum absolute atomic E-state index is 0.0374. The molecule has 0 aromatic heterocycles. The Hall–Kier alpha value is -3.02. The van der Waals surface area contributed by atoms with Crippen molar-refractivity contribution in [3.8, 4) is 11.5 Å². The van der Waals surface area contributed by atoms with Crippen LogP contribution in [0.2, 0.25) is 0 Å². The fourth-order valence-electron chi connectivity index (χ4n) is 2.92. The molecule has 150 valence electrons. The number of hydrogen-bond acceptors (Lipinski definition) is 4. The summed E-state index contributed by atoms with van der Waals surface area (Å²) in [5.74, 6) is 1.23. The third-order valence-corrected chi connectivity index (χ3v) is 4.50. The molecule has 0 heterocycles. The summed E-state index contributed by atoms with van der Waals surface area (Å²) in [6, 6.07) is 12.6. The quantitative estimate of drug-likeness (QED) is 0.715. The van der Waals surface area contributed by atoms with Crippen molar-refractivity contribution >= 4 is 17.5 Å². The number of rotatable bonds is 9. The predicted molar refractivity (Wildman–Crippen MR) is 110 cm³/mol. The minimum atomic E-state index is -0.116. The number of nitrogens with zero attached hydrogens (tertiary/aromatic N) is 1. The van der Waals surface area contributed by atoms with E-state index in [0.717, 1.165) is 5.56 Å². The Morgan fingerprint density at radius 3 is 2.18 bits per heavy atom. The Kier molecular flexibility index (Phi) is 7.87. The molecule has 6 nitrogen and oxygen atoms in total. The van der Waals surface area contributed by atoms with Gasteiger partial charge in [-0.2, -0.15) is 0 Å². The van der Waals surface area contributed by atoms with Crippen LogP contribution in [-0.2, 0) is 11.2 Å². The molecule has 0 aliphatic rings. The maximum atomic E-state index is 12.5. The van der Waals surface area contributed by atoms with Crippen LogP contribution in [0.5, 0.6) is 11.5 Å². The summed E-state index contributed by atoms with van der Waals surface area (Å²) in [7, 11) is 3.19. The van der Waals surface area contributed by atoms with E-state index in [1.54, 1.807) is 49.5 Å². The first kappa shape index (κ1) is 21.3. The van der Waals surface area contributed by atoms with Crippen LogP contribution in [0, 0.1) is 0 Å². The molecule has 2 aromatic carbocycles. The van der Waals surface area contributed by atoms with Gasteiger partial charge in [-0.1, -0.05) is 6.07 Å². The van der Waals surface area contributed by atoms with Crippen molar-refractivity contribution in [1.82, 2.24) is 4.90 Å². The van der Waals surface area contributed by atoms with Crippen LogP contribution in [0.1, 0.15) is 36.2 Å². The van der Waals surface area contributed by atoms with Crippen molar-refractivity contribution in [1.29, 1.82) is 0 Å². The van der Waals surface area contributed by atoms with Crippen LogP contribution in [0.3, 0.4) is 0 Å². The molecule has 2 amide bonds. The monoisotopic (exact) mass is 384 g/mol. The Morgan fingerprint density at radius 1 is 0.964 bits per heavy atom. The number of ether oxygens (including phenoxy) is 2. The Morgan fingerprint density at radius 2 is 1.61 bits per heavy atom. The number of hydrogen-bond donors (Lipinski definition) is 1. The molecule has 0 unspecified atom stereocenters. The largest absolute Gasteiger partial charge is 0.497 e. The van der Waals surface area contributed by atoms with Gasteiger partial charge in [0.2, 0.25) is 5.91 Å². The molecule has 1 N–H and O–H groups in total. The second-order valence-electron chi connectivity index (χ2n) is 6.33. The SMILES string of the molecule is CCN(CC)C(=O)c1cccc(NC(=O)CCc2cc(OC)cc(OC)c2)c1. The second kappa shape index (κ2) is 10.3. The summed E-state index contributed by atoms with van der Waals surface area (Å²) in [6.45, 7) is 5.19. The van der Waals surface area contributed by atoms with E-state index in [4.69, 9.17) is 9.47 Å². The Labute approximate surface area is 166 Å². The lowest BCUT2D eigenvalue weighted by Crippen LogP contribution is -2.30. The highest BCUT2D eigenvalue weighted by Crippen LogP contribution is 2.23. The molecule has 0 bridgehead atoms. The summed E-state index contributed by atoms with van der Waals surface area (Å²) in [6.07, 6.45) is 0.863. The van der Waals surface area contributed by atoms with Crippen LogP contribution in [-0.4, -0.2) is 44.0 Å². The van der Waals surface area contributed by atoms with E-state index < -0.39 is 0 Å². The van der Waals surface area contributed by atoms with Crippen molar-refractivity contribution in [2.75, 3.05) is 32.6 Å². The molecule has 2 aromatic rings. The molecule has 2 rings (SSSR count). The summed E-state index contributed by atoms with van der Waals surface area (Å²) in [5, 5.41) is 2.87. The Bertz CT molecular complexity index is 794. The van der Waals surface area contributed by atoms with Gasteiger partial charge >= 0.3 is 0 Å². The van der Waals surface area contributed by atoms with E-state index in [0.29, 0.717) is 48.7 Å². The molecule has 0 atom stereocenters. The molecule has 0 fully saturated rings.